The predicted octanol–water partition coefficient (Wildman–Crippen LogP) is 9.34. The fourth-order valence-electron chi connectivity index (χ4n) is 9.26. The standard InChI is InChI=1S/C44H35N4O/c1-43(2,3)30-24-35-40-38(25-30)49-37-18-10-17-34-39(37)44(40,47-23-11-15-32-31-14-8-9-16-33(31)48(34)41(32)47)42-45(4)36(26-46(35)42)29-21-19-28(20-22-29)27-12-6-5-7-13-27/h5-26,42H,1-4H3/q+1. The highest BCUT2D eigenvalue weighted by atomic mass is 16.5. The Bertz CT molecular complexity index is 2590. The molecule has 4 aliphatic rings. The average molecular weight is 636 g/mol. The van der Waals surface area contributed by atoms with Crippen molar-refractivity contribution >= 4 is 33.3 Å². The summed E-state index contributed by atoms with van der Waals surface area (Å²) in [6, 6.07) is 44.3. The van der Waals surface area contributed by atoms with Crippen molar-refractivity contribution in [3.8, 4) is 28.3 Å². The Kier molecular flexibility index (Phi) is 4.99. The van der Waals surface area contributed by atoms with E-state index >= 15 is 0 Å². The quantitative estimate of drug-likeness (QED) is 0.177. The Morgan fingerprint density at radius 3 is 2.20 bits per heavy atom. The van der Waals surface area contributed by atoms with Crippen LogP contribution in [0.4, 0.5) is 5.69 Å². The van der Waals surface area contributed by atoms with Crippen molar-refractivity contribution in [3.05, 3.63) is 156 Å². The molecule has 0 fully saturated rings. The average Bonchev–Trinajstić information content (AvgIpc) is 3.75. The summed E-state index contributed by atoms with van der Waals surface area (Å²) >= 11 is 0. The number of fused-ring (bicyclic) bond motifs is 6. The zero-order valence-electron chi connectivity index (χ0n) is 28.0. The Morgan fingerprint density at radius 1 is 0.673 bits per heavy atom. The first kappa shape index (κ1) is 27.2. The van der Waals surface area contributed by atoms with Gasteiger partial charge in [0.25, 0.3) is 5.65 Å². The van der Waals surface area contributed by atoms with E-state index in [-0.39, 0.29) is 11.6 Å². The van der Waals surface area contributed by atoms with Crippen molar-refractivity contribution in [2.45, 2.75) is 37.9 Å². The number of ether oxygens (including phenoxy) is 1. The van der Waals surface area contributed by atoms with E-state index in [0.29, 0.717) is 0 Å². The maximum atomic E-state index is 7.02. The second-order valence-corrected chi connectivity index (χ2v) is 15.0. The molecule has 49 heavy (non-hydrogen) atoms. The van der Waals surface area contributed by atoms with Gasteiger partial charge < -0.3 is 14.5 Å². The summed E-state index contributed by atoms with van der Waals surface area (Å²) in [6.45, 7) is 6.87. The molecule has 0 aliphatic carbocycles. The summed E-state index contributed by atoms with van der Waals surface area (Å²) < 4.78 is 12.1. The highest BCUT2D eigenvalue weighted by Gasteiger charge is 2.68. The van der Waals surface area contributed by atoms with E-state index < -0.39 is 5.54 Å². The van der Waals surface area contributed by atoms with Crippen molar-refractivity contribution in [1.82, 2.24) is 9.47 Å². The molecular formula is C44H35N4O+. The van der Waals surface area contributed by atoms with Gasteiger partial charge in [0.15, 0.2) is 6.17 Å². The number of aromatic nitrogens is 2. The van der Waals surface area contributed by atoms with Gasteiger partial charge in [-0.05, 0) is 76.2 Å². The molecule has 11 rings (SSSR count). The van der Waals surface area contributed by atoms with Gasteiger partial charge in [0.05, 0.1) is 34.1 Å². The highest BCUT2D eigenvalue weighted by molar-refractivity contribution is 6.07. The van der Waals surface area contributed by atoms with Crippen LogP contribution in [0.1, 0.15) is 43.0 Å². The monoisotopic (exact) mass is 635 g/mol. The van der Waals surface area contributed by atoms with Gasteiger partial charge in [0.2, 0.25) is 5.54 Å². The van der Waals surface area contributed by atoms with E-state index in [1.54, 1.807) is 0 Å². The first-order chi connectivity index (χ1) is 23.9. The summed E-state index contributed by atoms with van der Waals surface area (Å²) in [6.07, 6.45) is 4.62. The highest BCUT2D eigenvalue weighted by Crippen LogP contribution is 2.63. The maximum Gasteiger partial charge on any atom is 0.296 e. The number of likely N-dealkylation sites (N-methyl/N-ethyl adjacent to an activating group) is 1. The molecule has 1 spiro atoms. The first-order valence-corrected chi connectivity index (χ1v) is 17.2. The molecule has 0 N–H and O–H groups in total. The van der Waals surface area contributed by atoms with E-state index in [1.165, 1.54) is 72.4 Å². The second kappa shape index (κ2) is 9.00. The normalized spacial score (nSPS) is 19.5. The number of hydrogen-bond acceptors (Lipinski definition) is 3. The van der Waals surface area contributed by atoms with Gasteiger partial charge in [-0.15, -0.1) is 0 Å². The fourth-order valence-corrected chi connectivity index (χ4v) is 9.26. The van der Waals surface area contributed by atoms with Gasteiger partial charge in [0.1, 0.15) is 22.7 Å². The third-order valence-electron chi connectivity index (χ3n) is 11.4. The molecule has 5 aromatic carbocycles. The lowest BCUT2D eigenvalue weighted by Gasteiger charge is -2.44. The lowest BCUT2D eigenvalue weighted by Crippen LogP contribution is -2.69. The molecule has 6 heterocycles. The van der Waals surface area contributed by atoms with Crippen LogP contribution in [0.2, 0.25) is 0 Å². The van der Waals surface area contributed by atoms with Gasteiger partial charge in [-0.1, -0.05) is 93.6 Å². The minimum atomic E-state index is -0.577. The summed E-state index contributed by atoms with van der Waals surface area (Å²) in [7, 11) is 2.27. The van der Waals surface area contributed by atoms with E-state index in [1.807, 2.05) is 0 Å². The van der Waals surface area contributed by atoms with Crippen LogP contribution in [0.25, 0.3) is 44.4 Å². The molecule has 2 aromatic heterocycles. The van der Waals surface area contributed by atoms with Gasteiger partial charge in [-0.3, -0.25) is 0 Å². The van der Waals surface area contributed by atoms with Gasteiger partial charge in [-0.2, -0.15) is 4.57 Å². The van der Waals surface area contributed by atoms with Crippen molar-refractivity contribution < 1.29 is 9.30 Å². The van der Waals surface area contributed by atoms with E-state index in [4.69, 9.17) is 4.74 Å². The lowest BCUT2D eigenvalue weighted by atomic mass is 9.75. The lowest BCUT2D eigenvalue weighted by molar-refractivity contribution is -0.728. The Labute approximate surface area is 285 Å². The zero-order valence-corrected chi connectivity index (χ0v) is 28.0. The summed E-state index contributed by atoms with van der Waals surface area (Å²) in [4.78, 5) is 5.04. The number of hydrogen-bond donors (Lipinski definition) is 0. The van der Waals surface area contributed by atoms with Crippen LogP contribution < -0.4 is 14.2 Å². The molecule has 0 bridgehead atoms. The fraction of sp³-hybridized carbons (Fsp3) is 0.159. The number of rotatable bonds is 2. The molecule has 5 nitrogen and oxygen atoms in total. The second-order valence-electron chi connectivity index (χ2n) is 15.0. The molecule has 0 saturated heterocycles. The smallest absolute Gasteiger partial charge is 0.296 e. The van der Waals surface area contributed by atoms with Gasteiger partial charge >= 0.3 is 0 Å². The molecule has 7 aromatic rings. The SMILES string of the molecule is CN1C(c2ccc(-c3ccccc3)cc2)=CN2c3cc(C(C)(C)C)cc4c3C3(c5c(cccc5-n5c6ccccc6c6ccc[n+]3c65)O4)C12. The summed E-state index contributed by atoms with van der Waals surface area (Å²) in [5, 5.41) is 2.52. The van der Waals surface area contributed by atoms with Crippen LogP contribution in [-0.4, -0.2) is 22.7 Å². The third kappa shape index (κ3) is 3.23. The molecule has 2 unspecified atom stereocenters. The molecule has 236 valence electrons. The molecule has 0 radical (unpaired) electrons. The Hall–Kier alpha value is -5.81. The Morgan fingerprint density at radius 2 is 1.39 bits per heavy atom. The van der Waals surface area contributed by atoms with Crippen molar-refractivity contribution in [1.29, 1.82) is 0 Å². The van der Waals surface area contributed by atoms with Crippen LogP contribution >= 0.6 is 0 Å². The zero-order chi connectivity index (χ0) is 32.8. The van der Waals surface area contributed by atoms with Crippen LogP contribution in [0, 0.1) is 0 Å². The van der Waals surface area contributed by atoms with Crippen molar-refractivity contribution in [2.75, 3.05) is 11.9 Å². The molecule has 2 atom stereocenters. The van der Waals surface area contributed by atoms with Crippen LogP contribution in [0.15, 0.2) is 134 Å². The predicted molar refractivity (Wildman–Crippen MR) is 196 cm³/mol. The van der Waals surface area contributed by atoms with Crippen molar-refractivity contribution in [2.24, 2.45) is 0 Å². The van der Waals surface area contributed by atoms with E-state index in [9.17, 15) is 0 Å². The summed E-state index contributed by atoms with van der Waals surface area (Å²) in [5.41, 5.74) is 12.8. The van der Waals surface area contributed by atoms with E-state index in [0.717, 1.165) is 11.5 Å². The number of benzene rings is 5. The van der Waals surface area contributed by atoms with Gasteiger partial charge in [-0.25, -0.2) is 4.57 Å². The third-order valence-corrected chi connectivity index (χ3v) is 11.4. The molecule has 0 amide bonds. The number of para-hydroxylation sites is 1. The van der Waals surface area contributed by atoms with Gasteiger partial charge in [0, 0.05) is 18.6 Å². The first-order valence-electron chi connectivity index (χ1n) is 17.2. The largest absolute Gasteiger partial charge is 0.456 e. The summed E-state index contributed by atoms with van der Waals surface area (Å²) in [5.74, 6) is 1.87. The van der Waals surface area contributed by atoms with Crippen LogP contribution in [-0.2, 0) is 11.0 Å². The van der Waals surface area contributed by atoms with Crippen LogP contribution in [0.3, 0.4) is 0 Å². The number of nitrogens with zero attached hydrogens (tertiary/aromatic N) is 4. The number of pyridine rings is 1. The van der Waals surface area contributed by atoms with E-state index in [2.05, 4.69) is 180 Å². The van der Waals surface area contributed by atoms with Crippen LogP contribution in [0.5, 0.6) is 11.5 Å². The van der Waals surface area contributed by atoms with Crippen molar-refractivity contribution in [3.63, 3.8) is 0 Å². The topological polar surface area (TPSA) is 24.5 Å². The molecule has 4 aliphatic heterocycles. The minimum Gasteiger partial charge on any atom is -0.456 e. The molecule has 0 saturated carbocycles. The molecular weight excluding hydrogens is 601 g/mol. The molecule has 5 heteroatoms. The Balaban J connectivity index is 1.22. The maximum absolute atomic E-state index is 7.02. The minimum absolute atomic E-state index is 0.0557. The number of anilines is 1.